The van der Waals surface area contributed by atoms with Crippen molar-refractivity contribution in [2.24, 2.45) is 11.5 Å². The predicted molar refractivity (Wildman–Crippen MR) is 49.2 cm³/mol. The summed E-state index contributed by atoms with van der Waals surface area (Å²) in [6.07, 6.45) is 2.57. The first-order valence-electron chi connectivity index (χ1n) is 4.42. The molecule has 0 amide bonds. The highest BCUT2D eigenvalue weighted by molar-refractivity contribution is 4.61. The predicted octanol–water partition coefficient (Wildman–Crippen LogP) is 0.352. The van der Waals surface area contributed by atoms with Gasteiger partial charge in [0, 0.05) is 13.1 Å². The second kappa shape index (κ2) is 6.58. The molecule has 0 aromatic carbocycles. The Morgan fingerprint density at radius 3 is 2.36 bits per heavy atom. The summed E-state index contributed by atoms with van der Waals surface area (Å²) in [5.74, 6) is 0. The molecule has 1 atom stereocenters. The van der Waals surface area contributed by atoms with Crippen molar-refractivity contribution < 1.29 is 0 Å². The minimum Gasteiger partial charge on any atom is -0.329 e. The van der Waals surface area contributed by atoms with E-state index in [4.69, 9.17) is 11.5 Å². The Morgan fingerprint density at radius 2 is 2.00 bits per heavy atom. The normalized spacial score (nSPS) is 13.9. The van der Waals surface area contributed by atoms with Crippen LogP contribution in [-0.4, -0.2) is 30.7 Å². The molecule has 0 spiro atoms. The zero-order valence-corrected chi connectivity index (χ0v) is 7.71. The Hall–Kier alpha value is -0.120. The van der Waals surface area contributed by atoms with Crippen molar-refractivity contribution in [3.63, 3.8) is 0 Å². The Labute approximate surface area is 69.7 Å². The second-order valence-corrected chi connectivity index (χ2v) is 2.92. The maximum atomic E-state index is 5.73. The van der Waals surface area contributed by atoms with Gasteiger partial charge in [-0.1, -0.05) is 13.3 Å². The van der Waals surface area contributed by atoms with Crippen LogP contribution >= 0.6 is 0 Å². The topological polar surface area (TPSA) is 55.3 Å². The minimum absolute atomic E-state index is 0.144. The van der Waals surface area contributed by atoms with Gasteiger partial charge >= 0.3 is 0 Å². The van der Waals surface area contributed by atoms with Crippen LogP contribution in [0.4, 0.5) is 0 Å². The number of nitrogens with two attached hydrogens (primary N) is 2. The van der Waals surface area contributed by atoms with Crippen LogP contribution in [0.5, 0.6) is 0 Å². The Morgan fingerprint density at radius 1 is 1.36 bits per heavy atom. The van der Waals surface area contributed by atoms with Crippen molar-refractivity contribution in [1.29, 1.82) is 0 Å². The number of nitrogens with zero attached hydrogens (tertiary/aromatic N) is 1. The lowest BCUT2D eigenvalue weighted by molar-refractivity contribution is 0.216. The van der Waals surface area contributed by atoms with Gasteiger partial charge in [-0.15, -0.1) is 0 Å². The van der Waals surface area contributed by atoms with Gasteiger partial charge in [0.25, 0.3) is 0 Å². The molecule has 0 aliphatic rings. The van der Waals surface area contributed by atoms with Crippen molar-refractivity contribution in [2.45, 2.75) is 32.9 Å². The van der Waals surface area contributed by atoms with Crippen LogP contribution in [0.3, 0.4) is 0 Å². The van der Waals surface area contributed by atoms with Crippen molar-refractivity contribution in [3.05, 3.63) is 0 Å². The number of hydrogen-bond acceptors (Lipinski definition) is 3. The van der Waals surface area contributed by atoms with Crippen molar-refractivity contribution >= 4 is 0 Å². The summed E-state index contributed by atoms with van der Waals surface area (Å²) >= 11 is 0. The molecule has 0 aromatic heterocycles. The van der Waals surface area contributed by atoms with Crippen LogP contribution in [0.1, 0.15) is 26.7 Å². The van der Waals surface area contributed by atoms with Crippen LogP contribution in [-0.2, 0) is 0 Å². The van der Waals surface area contributed by atoms with Crippen LogP contribution in [0.2, 0.25) is 0 Å². The second-order valence-electron chi connectivity index (χ2n) is 2.92. The van der Waals surface area contributed by atoms with Gasteiger partial charge in [-0.3, -0.25) is 4.90 Å². The Balaban J connectivity index is 3.51. The highest BCUT2D eigenvalue weighted by Gasteiger charge is 2.06. The summed E-state index contributed by atoms with van der Waals surface area (Å²) in [5, 5.41) is 0. The van der Waals surface area contributed by atoms with E-state index in [9.17, 15) is 0 Å². The zero-order chi connectivity index (χ0) is 8.69. The smallest absolute Gasteiger partial charge is 0.0543 e. The Bertz CT molecular complexity index is 83.4. The molecule has 0 saturated heterocycles. The molecule has 3 heteroatoms. The summed E-state index contributed by atoms with van der Waals surface area (Å²) < 4.78 is 0. The fourth-order valence-electron chi connectivity index (χ4n) is 1.05. The largest absolute Gasteiger partial charge is 0.329 e. The fraction of sp³-hybridized carbons (Fsp3) is 1.00. The van der Waals surface area contributed by atoms with Gasteiger partial charge in [0.1, 0.15) is 0 Å². The lowest BCUT2D eigenvalue weighted by atomic mass is 10.3. The molecular formula is C8H21N3. The van der Waals surface area contributed by atoms with Gasteiger partial charge in [0.05, 0.1) is 6.17 Å². The zero-order valence-electron chi connectivity index (χ0n) is 7.71. The monoisotopic (exact) mass is 159 g/mol. The van der Waals surface area contributed by atoms with E-state index in [0.29, 0.717) is 6.54 Å². The number of unbranched alkanes of at least 4 members (excludes halogenated alkanes) is 1. The van der Waals surface area contributed by atoms with Crippen molar-refractivity contribution in [1.82, 2.24) is 4.90 Å². The summed E-state index contributed by atoms with van der Waals surface area (Å²) in [6.45, 7) is 6.88. The molecule has 0 saturated carbocycles. The third-order valence-corrected chi connectivity index (χ3v) is 1.79. The van der Waals surface area contributed by atoms with Crippen LogP contribution in [0, 0.1) is 0 Å². The van der Waals surface area contributed by atoms with Gasteiger partial charge in [-0.2, -0.15) is 0 Å². The third-order valence-electron chi connectivity index (χ3n) is 1.79. The van der Waals surface area contributed by atoms with Crippen LogP contribution < -0.4 is 11.5 Å². The molecule has 0 aliphatic heterocycles. The van der Waals surface area contributed by atoms with Gasteiger partial charge < -0.3 is 11.5 Å². The molecule has 0 heterocycles. The lowest BCUT2D eigenvalue weighted by Gasteiger charge is -2.25. The molecule has 0 aromatic rings. The third kappa shape index (κ3) is 5.18. The van der Waals surface area contributed by atoms with Crippen molar-refractivity contribution in [2.75, 3.05) is 19.6 Å². The van der Waals surface area contributed by atoms with E-state index in [1.54, 1.807) is 0 Å². The number of rotatable bonds is 6. The first kappa shape index (κ1) is 10.9. The minimum atomic E-state index is 0.144. The van der Waals surface area contributed by atoms with E-state index in [-0.39, 0.29) is 6.17 Å². The molecule has 68 valence electrons. The van der Waals surface area contributed by atoms with E-state index in [1.807, 2.05) is 6.92 Å². The van der Waals surface area contributed by atoms with Crippen LogP contribution in [0.15, 0.2) is 0 Å². The maximum absolute atomic E-state index is 5.73. The quantitative estimate of drug-likeness (QED) is 0.550. The summed E-state index contributed by atoms with van der Waals surface area (Å²) in [5.41, 5.74) is 11.2. The van der Waals surface area contributed by atoms with Gasteiger partial charge in [-0.25, -0.2) is 0 Å². The molecule has 0 radical (unpaired) electrons. The first-order valence-corrected chi connectivity index (χ1v) is 4.42. The standard InChI is InChI=1S/C8H21N3/c1-3-4-6-11(7-5-9)8(2)10/h8H,3-7,9-10H2,1-2H3. The number of hydrogen-bond donors (Lipinski definition) is 2. The molecule has 3 nitrogen and oxygen atoms in total. The van der Waals surface area contributed by atoms with Crippen LogP contribution in [0.25, 0.3) is 0 Å². The van der Waals surface area contributed by atoms with Crippen molar-refractivity contribution in [3.8, 4) is 0 Å². The lowest BCUT2D eigenvalue weighted by Crippen LogP contribution is -2.42. The highest BCUT2D eigenvalue weighted by atomic mass is 15.2. The highest BCUT2D eigenvalue weighted by Crippen LogP contribution is 1.96. The average molecular weight is 159 g/mol. The van der Waals surface area contributed by atoms with Gasteiger partial charge in [-0.05, 0) is 19.9 Å². The maximum Gasteiger partial charge on any atom is 0.0543 e. The van der Waals surface area contributed by atoms with Gasteiger partial charge in [0.2, 0.25) is 0 Å². The molecule has 4 N–H and O–H groups in total. The average Bonchev–Trinajstić information content (AvgIpc) is 1.97. The molecule has 0 aliphatic carbocycles. The first-order chi connectivity index (χ1) is 5.22. The molecule has 11 heavy (non-hydrogen) atoms. The summed E-state index contributed by atoms with van der Waals surface area (Å²) in [6, 6.07) is 0. The fourth-order valence-corrected chi connectivity index (χ4v) is 1.05. The van der Waals surface area contributed by atoms with E-state index in [1.165, 1.54) is 12.8 Å². The molecule has 0 bridgehead atoms. The SMILES string of the molecule is CCCCN(CCN)C(C)N. The van der Waals surface area contributed by atoms with Gasteiger partial charge in [0.15, 0.2) is 0 Å². The summed E-state index contributed by atoms with van der Waals surface area (Å²) in [7, 11) is 0. The molecule has 0 rings (SSSR count). The summed E-state index contributed by atoms with van der Waals surface area (Å²) in [4.78, 5) is 2.21. The molecular weight excluding hydrogens is 138 g/mol. The van der Waals surface area contributed by atoms with E-state index < -0.39 is 0 Å². The van der Waals surface area contributed by atoms with E-state index >= 15 is 0 Å². The molecule has 0 fully saturated rings. The molecule has 1 unspecified atom stereocenters. The van der Waals surface area contributed by atoms with E-state index in [2.05, 4.69) is 11.8 Å². The van der Waals surface area contributed by atoms with E-state index in [0.717, 1.165) is 13.1 Å². The Kier molecular flexibility index (Phi) is 6.51.